The molecule has 2 aromatic heterocycles. The van der Waals surface area contributed by atoms with Gasteiger partial charge in [-0.15, -0.1) is 11.3 Å². The molecule has 0 aliphatic rings. The van der Waals surface area contributed by atoms with Gasteiger partial charge in [-0.1, -0.05) is 29.8 Å². The lowest BCUT2D eigenvalue weighted by Gasteiger charge is -2.18. The van der Waals surface area contributed by atoms with Gasteiger partial charge in [0.15, 0.2) is 9.84 Å². The van der Waals surface area contributed by atoms with E-state index in [1.807, 2.05) is 6.92 Å². The second-order valence-electron chi connectivity index (χ2n) is 5.92. The van der Waals surface area contributed by atoms with E-state index >= 15 is 0 Å². The Morgan fingerprint density at radius 1 is 1.04 bits per heavy atom. The highest BCUT2D eigenvalue weighted by molar-refractivity contribution is 7.93. The number of nitrogens with zero attached hydrogens (tertiary/aromatic N) is 1. The molecule has 142 valence electrons. The van der Waals surface area contributed by atoms with Gasteiger partial charge >= 0.3 is 0 Å². The SMILES string of the molecule is Cc1ccc(S(=O)(=O)NC[C@H](c2cccnc2)S(=O)(=O)c2cccs2)cc1. The Hall–Kier alpha value is -2.07. The maximum atomic E-state index is 13.0. The molecule has 0 aliphatic carbocycles. The van der Waals surface area contributed by atoms with Crippen LogP contribution in [0.1, 0.15) is 16.4 Å². The number of nitrogens with one attached hydrogen (secondary N) is 1. The molecule has 0 saturated carbocycles. The number of hydrogen-bond donors (Lipinski definition) is 1. The highest BCUT2D eigenvalue weighted by Gasteiger charge is 2.31. The molecular weight excluding hydrogens is 404 g/mol. The molecular formula is C18H18N2O4S3. The molecule has 0 aliphatic heterocycles. The van der Waals surface area contributed by atoms with Gasteiger partial charge in [-0.25, -0.2) is 21.6 Å². The van der Waals surface area contributed by atoms with Crippen LogP contribution in [0.5, 0.6) is 0 Å². The summed E-state index contributed by atoms with van der Waals surface area (Å²) in [4.78, 5) is 4.06. The molecule has 0 saturated heterocycles. The zero-order valence-electron chi connectivity index (χ0n) is 14.4. The molecule has 1 aromatic carbocycles. The number of aryl methyl sites for hydroxylation is 1. The van der Waals surface area contributed by atoms with Crippen molar-refractivity contribution in [2.45, 2.75) is 21.3 Å². The highest BCUT2D eigenvalue weighted by Crippen LogP contribution is 2.31. The van der Waals surface area contributed by atoms with Crippen LogP contribution in [-0.2, 0) is 19.9 Å². The first kappa shape index (κ1) is 19.7. The largest absolute Gasteiger partial charge is 0.264 e. The third-order valence-electron chi connectivity index (χ3n) is 4.00. The molecule has 0 fully saturated rings. The number of thiophene rings is 1. The Bertz CT molecular complexity index is 1090. The molecule has 0 radical (unpaired) electrons. The van der Waals surface area contributed by atoms with Gasteiger partial charge in [0.2, 0.25) is 10.0 Å². The smallest absolute Gasteiger partial charge is 0.240 e. The van der Waals surface area contributed by atoms with E-state index in [1.54, 1.807) is 35.7 Å². The molecule has 0 spiro atoms. The molecule has 6 nitrogen and oxygen atoms in total. The molecule has 3 rings (SSSR count). The van der Waals surface area contributed by atoms with E-state index in [1.165, 1.54) is 30.6 Å². The van der Waals surface area contributed by atoms with Crippen molar-refractivity contribution in [3.8, 4) is 0 Å². The van der Waals surface area contributed by atoms with Gasteiger partial charge in [-0.2, -0.15) is 0 Å². The number of pyridine rings is 1. The van der Waals surface area contributed by atoms with Crippen molar-refractivity contribution in [1.29, 1.82) is 0 Å². The predicted octanol–water partition coefficient (Wildman–Crippen LogP) is 2.95. The quantitative estimate of drug-likeness (QED) is 0.632. The fraction of sp³-hybridized carbons (Fsp3) is 0.167. The lowest BCUT2D eigenvalue weighted by atomic mass is 10.2. The summed E-state index contributed by atoms with van der Waals surface area (Å²) < 4.78 is 53.8. The van der Waals surface area contributed by atoms with Crippen LogP contribution in [0, 0.1) is 6.92 Å². The minimum absolute atomic E-state index is 0.0894. The second-order valence-corrected chi connectivity index (χ2v) is 11.0. The summed E-state index contributed by atoms with van der Waals surface area (Å²) in [6.45, 7) is 1.57. The maximum absolute atomic E-state index is 13.0. The number of benzene rings is 1. The Labute approximate surface area is 162 Å². The van der Waals surface area contributed by atoms with E-state index in [0.29, 0.717) is 5.56 Å². The Kier molecular flexibility index (Phi) is 5.75. The van der Waals surface area contributed by atoms with Crippen molar-refractivity contribution in [1.82, 2.24) is 9.71 Å². The maximum Gasteiger partial charge on any atom is 0.240 e. The van der Waals surface area contributed by atoms with Crippen LogP contribution >= 0.6 is 11.3 Å². The van der Waals surface area contributed by atoms with E-state index < -0.39 is 25.1 Å². The Morgan fingerprint density at radius 2 is 1.78 bits per heavy atom. The predicted molar refractivity (Wildman–Crippen MR) is 105 cm³/mol. The van der Waals surface area contributed by atoms with Gasteiger partial charge in [0.25, 0.3) is 0 Å². The molecule has 9 heteroatoms. The average Bonchev–Trinajstić information content (AvgIpc) is 3.18. The van der Waals surface area contributed by atoms with Crippen LogP contribution < -0.4 is 4.72 Å². The average molecular weight is 423 g/mol. The minimum Gasteiger partial charge on any atom is -0.264 e. The fourth-order valence-corrected chi connectivity index (χ4v) is 6.53. The molecule has 3 aromatic rings. The van der Waals surface area contributed by atoms with Gasteiger partial charge in [0.05, 0.1) is 4.90 Å². The van der Waals surface area contributed by atoms with Crippen molar-refractivity contribution in [3.05, 3.63) is 77.4 Å². The van der Waals surface area contributed by atoms with E-state index in [0.717, 1.165) is 16.9 Å². The topological polar surface area (TPSA) is 93.2 Å². The van der Waals surface area contributed by atoms with Gasteiger partial charge in [0.1, 0.15) is 9.46 Å². The van der Waals surface area contributed by atoms with Gasteiger partial charge in [-0.05, 0) is 42.1 Å². The minimum atomic E-state index is -3.84. The summed E-state index contributed by atoms with van der Waals surface area (Å²) in [5.41, 5.74) is 1.36. The van der Waals surface area contributed by atoms with E-state index in [9.17, 15) is 16.8 Å². The summed E-state index contributed by atoms with van der Waals surface area (Å²) >= 11 is 1.10. The number of sulfone groups is 1. The molecule has 1 N–H and O–H groups in total. The number of sulfonamides is 1. The third kappa shape index (κ3) is 4.44. The van der Waals surface area contributed by atoms with Crippen molar-refractivity contribution in [2.24, 2.45) is 0 Å². The van der Waals surface area contributed by atoms with Gasteiger partial charge in [0, 0.05) is 18.9 Å². The lowest BCUT2D eigenvalue weighted by Crippen LogP contribution is -2.31. The summed E-state index contributed by atoms with van der Waals surface area (Å²) in [5, 5.41) is 0.592. The normalized spacial score (nSPS) is 13.4. The van der Waals surface area contributed by atoms with Crippen LogP contribution in [-0.4, -0.2) is 28.4 Å². The van der Waals surface area contributed by atoms with Crippen molar-refractivity contribution < 1.29 is 16.8 Å². The van der Waals surface area contributed by atoms with E-state index in [2.05, 4.69) is 9.71 Å². The summed E-state index contributed by atoms with van der Waals surface area (Å²) in [6.07, 6.45) is 2.98. The van der Waals surface area contributed by atoms with E-state index in [-0.39, 0.29) is 15.6 Å². The second kappa shape index (κ2) is 7.89. The van der Waals surface area contributed by atoms with E-state index in [4.69, 9.17) is 0 Å². The van der Waals surface area contributed by atoms with Crippen molar-refractivity contribution in [3.63, 3.8) is 0 Å². The lowest BCUT2D eigenvalue weighted by molar-refractivity contribution is 0.569. The zero-order valence-corrected chi connectivity index (χ0v) is 16.9. The number of rotatable bonds is 7. The first-order valence-corrected chi connectivity index (χ1v) is 12.0. The summed E-state index contributed by atoms with van der Waals surface area (Å²) in [6, 6.07) is 12.8. The Morgan fingerprint density at radius 3 is 2.37 bits per heavy atom. The molecule has 2 heterocycles. The molecule has 0 unspecified atom stereocenters. The molecule has 27 heavy (non-hydrogen) atoms. The molecule has 1 atom stereocenters. The number of hydrogen-bond acceptors (Lipinski definition) is 6. The molecule has 0 bridgehead atoms. The summed E-state index contributed by atoms with van der Waals surface area (Å²) in [5.74, 6) is 0. The van der Waals surface area contributed by atoms with Crippen LogP contribution in [0.3, 0.4) is 0 Å². The highest BCUT2D eigenvalue weighted by atomic mass is 32.2. The summed E-state index contributed by atoms with van der Waals surface area (Å²) in [7, 11) is -7.61. The standard InChI is InChI=1S/C18H18N2O4S3/c1-14-6-8-16(9-7-14)27(23,24)20-13-17(15-4-2-10-19-12-15)26(21,22)18-5-3-11-25-18/h2-12,17,20H,13H2,1H3/t17-/m1/s1. The van der Waals surface area contributed by atoms with Crippen LogP contribution in [0.15, 0.2) is 75.4 Å². The third-order valence-corrected chi connectivity index (χ3v) is 8.97. The van der Waals surface area contributed by atoms with Crippen LogP contribution in [0.25, 0.3) is 0 Å². The van der Waals surface area contributed by atoms with Crippen molar-refractivity contribution in [2.75, 3.05) is 6.54 Å². The van der Waals surface area contributed by atoms with Gasteiger partial charge in [-0.3, -0.25) is 4.98 Å². The number of aromatic nitrogens is 1. The fourth-order valence-electron chi connectivity index (χ4n) is 2.52. The van der Waals surface area contributed by atoms with Crippen LogP contribution in [0.4, 0.5) is 0 Å². The first-order chi connectivity index (χ1) is 12.8. The van der Waals surface area contributed by atoms with Gasteiger partial charge < -0.3 is 0 Å². The zero-order chi connectivity index (χ0) is 19.5. The van der Waals surface area contributed by atoms with Crippen LogP contribution in [0.2, 0.25) is 0 Å². The molecule has 0 amide bonds. The first-order valence-electron chi connectivity index (χ1n) is 8.04. The monoisotopic (exact) mass is 422 g/mol. The van der Waals surface area contributed by atoms with Crippen molar-refractivity contribution >= 4 is 31.2 Å². The Balaban J connectivity index is 1.92.